The van der Waals surface area contributed by atoms with Crippen LogP contribution in [-0.2, 0) is 11.3 Å². The zero-order valence-corrected chi connectivity index (χ0v) is 10.6. The van der Waals surface area contributed by atoms with Crippen molar-refractivity contribution in [3.63, 3.8) is 0 Å². The van der Waals surface area contributed by atoms with E-state index < -0.39 is 0 Å². The number of rotatable bonds is 5. The molecule has 0 spiro atoms. The average Bonchev–Trinajstić information content (AvgIpc) is 2.80. The number of hydrogen-bond donors (Lipinski definition) is 1. The second-order valence-electron chi connectivity index (χ2n) is 4.74. The van der Waals surface area contributed by atoms with Crippen molar-refractivity contribution in [3.05, 3.63) is 29.8 Å². The fraction of sp³-hybridized carbons (Fsp3) is 0.571. The fourth-order valence-electron chi connectivity index (χ4n) is 1.92. The molecule has 1 fully saturated rings. The van der Waals surface area contributed by atoms with Crippen molar-refractivity contribution in [1.29, 1.82) is 0 Å². The SMILES string of the molecule is CC(C)Oc1ccc(COC2CCNC2)cc1. The first kappa shape index (κ1) is 12.4. The van der Waals surface area contributed by atoms with Crippen molar-refractivity contribution >= 4 is 0 Å². The van der Waals surface area contributed by atoms with Crippen LogP contribution in [0.2, 0.25) is 0 Å². The fourth-order valence-corrected chi connectivity index (χ4v) is 1.92. The Morgan fingerprint density at radius 2 is 2.06 bits per heavy atom. The lowest BCUT2D eigenvalue weighted by Crippen LogP contribution is -2.16. The molecular weight excluding hydrogens is 214 g/mol. The third-order valence-electron chi connectivity index (χ3n) is 2.80. The van der Waals surface area contributed by atoms with Crippen LogP contribution in [-0.4, -0.2) is 25.3 Å². The van der Waals surface area contributed by atoms with Crippen molar-refractivity contribution in [3.8, 4) is 5.75 Å². The van der Waals surface area contributed by atoms with E-state index in [2.05, 4.69) is 17.4 Å². The van der Waals surface area contributed by atoms with E-state index in [1.807, 2.05) is 26.0 Å². The number of ether oxygens (including phenoxy) is 2. The zero-order valence-electron chi connectivity index (χ0n) is 10.6. The minimum atomic E-state index is 0.224. The van der Waals surface area contributed by atoms with Gasteiger partial charge in [0.25, 0.3) is 0 Å². The highest BCUT2D eigenvalue weighted by atomic mass is 16.5. The highest BCUT2D eigenvalue weighted by Gasteiger charge is 2.14. The summed E-state index contributed by atoms with van der Waals surface area (Å²) in [6, 6.07) is 8.15. The van der Waals surface area contributed by atoms with Crippen LogP contribution in [0.25, 0.3) is 0 Å². The van der Waals surface area contributed by atoms with E-state index in [1.54, 1.807) is 0 Å². The molecule has 3 heteroatoms. The summed E-state index contributed by atoms with van der Waals surface area (Å²) in [6.45, 7) is 6.81. The van der Waals surface area contributed by atoms with Crippen LogP contribution < -0.4 is 10.1 Å². The van der Waals surface area contributed by atoms with Crippen LogP contribution in [0.4, 0.5) is 0 Å². The van der Waals surface area contributed by atoms with Crippen LogP contribution in [0.15, 0.2) is 24.3 Å². The maximum Gasteiger partial charge on any atom is 0.119 e. The summed E-state index contributed by atoms with van der Waals surface area (Å²) < 4.78 is 11.4. The maximum absolute atomic E-state index is 5.81. The van der Waals surface area contributed by atoms with Gasteiger partial charge in [-0.2, -0.15) is 0 Å². The van der Waals surface area contributed by atoms with Gasteiger partial charge in [0.05, 0.1) is 18.8 Å². The number of hydrogen-bond acceptors (Lipinski definition) is 3. The Hall–Kier alpha value is -1.06. The average molecular weight is 235 g/mol. The van der Waals surface area contributed by atoms with Crippen molar-refractivity contribution in [2.45, 2.75) is 39.1 Å². The first-order valence-electron chi connectivity index (χ1n) is 6.32. The zero-order chi connectivity index (χ0) is 12.1. The van der Waals surface area contributed by atoms with E-state index in [0.29, 0.717) is 12.7 Å². The van der Waals surface area contributed by atoms with Crippen LogP contribution in [0.5, 0.6) is 5.75 Å². The molecule has 0 saturated carbocycles. The molecule has 1 heterocycles. The van der Waals surface area contributed by atoms with Gasteiger partial charge >= 0.3 is 0 Å². The third-order valence-corrected chi connectivity index (χ3v) is 2.80. The highest BCUT2D eigenvalue weighted by molar-refractivity contribution is 5.27. The lowest BCUT2D eigenvalue weighted by molar-refractivity contribution is 0.0542. The molecule has 1 saturated heterocycles. The number of benzene rings is 1. The molecule has 17 heavy (non-hydrogen) atoms. The first-order valence-corrected chi connectivity index (χ1v) is 6.32. The summed E-state index contributed by atoms with van der Waals surface area (Å²) in [7, 11) is 0. The Labute approximate surface area is 103 Å². The topological polar surface area (TPSA) is 30.5 Å². The van der Waals surface area contributed by atoms with Gasteiger partial charge in [-0.25, -0.2) is 0 Å². The van der Waals surface area contributed by atoms with Gasteiger partial charge in [-0.1, -0.05) is 12.1 Å². The van der Waals surface area contributed by atoms with E-state index in [4.69, 9.17) is 9.47 Å². The second kappa shape index (κ2) is 6.03. The monoisotopic (exact) mass is 235 g/mol. The molecule has 1 aromatic rings. The number of nitrogens with one attached hydrogen (secondary N) is 1. The molecule has 0 aromatic heterocycles. The van der Waals surface area contributed by atoms with E-state index in [9.17, 15) is 0 Å². The molecule has 1 atom stereocenters. The Balaban J connectivity index is 1.80. The van der Waals surface area contributed by atoms with Crippen LogP contribution >= 0.6 is 0 Å². The minimum Gasteiger partial charge on any atom is -0.491 e. The molecular formula is C14H21NO2. The van der Waals surface area contributed by atoms with Crippen molar-refractivity contribution in [2.75, 3.05) is 13.1 Å². The molecule has 94 valence electrons. The van der Waals surface area contributed by atoms with Gasteiger partial charge in [-0.3, -0.25) is 0 Å². The van der Waals surface area contributed by atoms with E-state index >= 15 is 0 Å². The summed E-state index contributed by atoms with van der Waals surface area (Å²) in [4.78, 5) is 0. The van der Waals surface area contributed by atoms with E-state index in [-0.39, 0.29) is 6.10 Å². The van der Waals surface area contributed by atoms with E-state index in [0.717, 1.165) is 25.3 Å². The first-order chi connectivity index (χ1) is 8.24. The maximum atomic E-state index is 5.81. The van der Waals surface area contributed by atoms with E-state index in [1.165, 1.54) is 5.56 Å². The molecule has 2 rings (SSSR count). The summed E-state index contributed by atoms with van der Waals surface area (Å²) in [6.07, 6.45) is 1.72. The Kier molecular flexibility index (Phi) is 4.40. The standard InChI is InChI=1S/C14H21NO2/c1-11(2)17-13-5-3-12(4-6-13)10-16-14-7-8-15-9-14/h3-6,11,14-15H,7-10H2,1-2H3. The van der Waals surface area contributed by atoms with Crippen LogP contribution in [0.1, 0.15) is 25.8 Å². The largest absolute Gasteiger partial charge is 0.491 e. The van der Waals surface area contributed by atoms with Crippen LogP contribution in [0, 0.1) is 0 Å². The normalized spacial score (nSPS) is 19.8. The predicted molar refractivity (Wildman–Crippen MR) is 68.3 cm³/mol. The minimum absolute atomic E-state index is 0.224. The summed E-state index contributed by atoms with van der Waals surface area (Å²) in [5, 5.41) is 3.29. The molecule has 0 aliphatic carbocycles. The molecule has 3 nitrogen and oxygen atoms in total. The molecule has 1 unspecified atom stereocenters. The quantitative estimate of drug-likeness (QED) is 0.850. The molecule has 0 bridgehead atoms. The summed E-state index contributed by atoms with van der Waals surface area (Å²) >= 11 is 0. The van der Waals surface area contributed by atoms with Gasteiger partial charge in [0, 0.05) is 6.54 Å². The lowest BCUT2D eigenvalue weighted by atomic mass is 10.2. The third kappa shape index (κ3) is 4.02. The highest BCUT2D eigenvalue weighted by Crippen LogP contribution is 2.15. The smallest absolute Gasteiger partial charge is 0.119 e. The Bertz CT molecular complexity index is 329. The summed E-state index contributed by atoms with van der Waals surface area (Å²) in [5.74, 6) is 0.922. The lowest BCUT2D eigenvalue weighted by Gasteiger charge is -2.12. The molecule has 1 aliphatic heterocycles. The van der Waals surface area contributed by atoms with Gasteiger partial charge in [0.1, 0.15) is 5.75 Å². The Morgan fingerprint density at radius 1 is 1.29 bits per heavy atom. The molecule has 1 aromatic carbocycles. The van der Waals surface area contributed by atoms with Gasteiger partial charge < -0.3 is 14.8 Å². The molecule has 1 aliphatic rings. The van der Waals surface area contributed by atoms with Crippen molar-refractivity contribution in [1.82, 2.24) is 5.32 Å². The van der Waals surface area contributed by atoms with Gasteiger partial charge in [0.15, 0.2) is 0 Å². The van der Waals surface area contributed by atoms with Gasteiger partial charge in [0.2, 0.25) is 0 Å². The van der Waals surface area contributed by atoms with Crippen molar-refractivity contribution < 1.29 is 9.47 Å². The summed E-state index contributed by atoms with van der Waals surface area (Å²) in [5.41, 5.74) is 1.20. The molecule has 0 radical (unpaired) electrons. The van der Waals surface area contributed by atoms with Crippen molar-refractivity contribution in [2.24, 2.45) is 0 Å². The predicted octanol–water partition coefficient (Wildman–Crippen LogP) is 2.35. The van der Waals surface area contributed by atoms with Crippen LogP contribution in [0.3, 0.4) is 0 Å². The molecule has 0 amide bonds. The molecule has 1 N–H and O–H groups in total. The Morgan fingerprint density at radius 3 is 2.65 bits per heavy atom. The van der Waals surface area contributed by atoms with Gasteiger partial charge in [-0.15, -0.1) is 0 Å². The second-order valence-corrected chi connectivity index (χ2v) is 4.74. The van der Waals surface area contributed by atoms with Gasteiger partial charge in [-0.05, 0) is 44.5 Å².